The van der Waals surface area contributed by atoms with Crippen LogP contribution >= 0.6 is 31.9 Å². The molecule has 1 N–H and O–H groups in total. The Labute approximate surface area is 143 Å². The zero-order chi connectivity index (χ0) is 15.9. The first-order chi connectivity index (χ1) is 10.5. The van der Waals surface area contributed by atoms with Gasteiger partial charge >= 0.3 is 5.97 Å². The number of ether oxygens (including phenoxy) is 1. The summed E-state index contributed by atoms with van der Waals surface area (Å²) in [5.41, 5.74) is 0.625. The largest absolute Gasteiger partial charge is 0.452 e. The Kier molecular flexibility index (Phi) is 5.97. The minimum atomic E-state index is -0.626. The topological polar surface area (TPSA) is 68.5 Å². The fourth-order valence-corrected chi connectivity index (χ4v) is 2.07. The van der Waals surface area contributed by atoms with Crippen LogP contribution in [0.2, 0.25) is 0 Å². The molecular formula is C15H11Br2NO4. The Morgan fingerprint density at radius 1 is 1.14 bits per heavy atom. The van der Waals surface area contributed by atoms with Crippen LogP contribution in [0.1, 0.15) is 5.76 Å². The molecule has 114 valence electrons. The standard InChI is InChI=1S/C15H11Br2NO4/c16-10-1-3-11(4-2-10)18-14(19)9-21-15(20)8-6-12-5-7-13(17)22-12/h1-8H,9H2,(H,18,19). The first-order valence-corrected chi connectivity index (χ1v) is 7.77. The molecule has 0 spiro atoms. The molecule has 1 aromatic heterocycles. The van der Waals surface area contributed by atoms with E-state index in [0.717, 1.165) is 4.47 Å². The molecule has 7 heteroatoms. The van der Waals surface area contributed by atoms with Crippen LogP contribution in [0.25, 0.3) is 6.08 Å². The lowest BCUT2D eigenvalue weighted by atomic mass is 10.3. The van der Waals surface area contributed by atoms with Crippen molar-refractivity contribution in [3.8, 4) is 0 Å². The Balaban J connectivity index is 1.77. The maximum Gasteiger partial charge on any atom is 0.331 e. The van der Waals surface area contributed by atoms with Crippen LogP contribution in [0.3, 0.4) is 0 Å². The van der Waals surface area contributed by atoms with Crippen LogP contribution in [0, 0.1) is 0 Å². The van der Waals surface area contributed by atoms with Gasteiger partial charge in [-0.05, 0) is 58.4 Å². The molecule has 0 unspecified atom stereocenters. The maximum atomic E-state index is 11.6. The van der Waals surface area contributed by atoms with E-state index in [4.69, 9.17) is 9.15 Å². The van der Waals surface area contributed by atoms with E-state index in [9.17, 15) is 9.59 Å². The summed E-state index contributed by atoms with van der Waals surface area (Å²) < 4.78 is 11.5. The maximum absolute atomic E-state index is 11.6. The van der Waals surface area contributed by atoms with Gasteiger partial charge in [-0.1, -0.05) is 15.9 Å². The lowest BCUT2D eigenvalue weighted by Gasteiger charge is -2.05. The molecule has 0 fully saturated rings. The monoisotopic (exact) mass is 427 g/mol. The number of rotatable bonds is 5. The number of hydrogen-bond donors (Lipinski definition) is 1. The van der Waals surface area contributed by atoms with Crippen molar-refractivity contribution in [3.63, 3.8) is 0 Å². The molecule has 1 aromatic carbocycles. The summed E-state index contributed by atoms with van der Waals surface area (Å²) in [5, 5.41) is 2.62. The molecule has 2 aromatic rings. The molecule has 0 aliphatic heterocycles. The minimum absolute atomic E-state index is 0.360. The molecule has 0 saturated heterocycles. The van der Waals surface area contributed by atoms with Crippen LogP contribution in [0.15, 0.2) is 56.0 Å². The number of nitrogens with one attached hydrogen (secondary N) is 1. The van der Waals surface area contributed by atoms with Crippen molar-refractivity contribution < 1.29 is 18.7 Å². The van der Waals surface area contributed by atoms with Crippen LogP contribution in [-0.2, 0) is 14.3 Å². The van der Waals surface area contributed by atoms with Gasteiger partial charge in [0.1, 0.15) is 5.76 Å². The van der Waals surface area contributed by atoms with Crippen molar-refractivity contribution in [2.45, 2.75) is 0 Å². The summed E-state index contributed by atoms with van der Waals surface area (Å²) in [6.45, 7) is -0.360. The van der Waals surface area contributed by atoms with Crippen molar-refractivity contribution in [3.05, 3.63) is 57.4 Å². The van der Waals surface area contributed by atoms with Gasteiger partial charge in [-0.3, -0.25) is 4.79 Å². The molecule has 22 heavy (non-hydrogen) atoms. The average molecular weight is 429 g/mol. The second kappa shape index (κ2) is 7.95. The van der Waals surface area contributed by atoms with E-state index in [1.807, 2.05) is 0 Å². The summed E-state index contributed by atoms with van der Waals surface area (Å²) in [6, 6.07) is 10.5. The molecule has 1 amide bonds. The Bertz CT molecular complexity index is 692. The van der Waals surface area contributed by atoms with Gasteiger partial charge in [0.25, 0.3) is 5.91 Å². The predicted molar refractivity (Wildman–Crippen MR) is 89.2 cm³/mol. The lowest BCUT2D eigenvalue weighted by molar-refractivity contribution is -0.142. The first-order valence-electron chi connectivity index (χ1n) is 6.18. The Morgan fingerprint density at radius 2 is 1.86 bits per heavy atom. The third-order valence-corrected chi connectivity index (χ3v) is 3.41. The Hall–Kier alpha value is -1.86. The van der Waals surface area contributed by atoms with E-state index in [-0.39, 0.29) is 6.61 Å². The lowest BCUT2D eigenvalue weighted by Crippen LogP contribution is -2.20. The second-order valence-electron chi connectivity index (χ2n) is 4.14. The predicted octanol–water partition coefficient (Wildman–Crippen LogP) is 4.00. The number of benzene rings is 1. The van der Waals surface area contributed by atoms with Gasteiger partial charge in [0.2, 0.25) is 0 Å². The SMILES string of the molecule is O=C(COC(=O)C=Cc1ccc(Br)o1)Nc1ccc(Br)cc1. The van der Waals surface area contributed by atoms with E-state index in [1.54, 1.807) is 36.4 Å². The van der Waals surface area contributed by atoms with Crippen molar-refractivity contribution in [2.75, 3.05) is 11.9 Å². The smallest absolute Gasteiger partial charge is 0.331 e. The summed E-state index contributed by atoms with van der Waals surface area (Å²) >= 11 is 6.45. The third kappa shape index (κ3) is 5.50. The molecule has 0 radical (unpaired) electrons. The van der Waals surface area contributed by atoms with Crippen molar-refractivity contribution in [1.29, 1.82) is 0 Å². The molecule has 0 bridgehead atoms. The number of amides is 1. The molecule has 5 nitrogen and oxygen atoms in total. The van der Waals surface area contributed by atoms with Crippen LogP contribution < -0.4 is 5.32 Å². The van der Waals surface area contributed by atoms with E-state index >= 15 is 0 Å². The first kappa shape index (κ1) is 16.5. The number of halogens is 2. The average Bonchev–Trinajstić information content (AvgIpc) is 2.91. The number of carbonyl (C=O) groups is 2. The normalized spacial score (nSPS) is 10.6. The minimum Gasteiger partial charge on any atom is -0.452 e. The molecule has 1 heterocycles. The highest BCUT2D eigenvalue weighted by Crippen LogP contribution is 2.15. The molecule has 0 aliphatic carbocycles. The third-order valence-electron chi connectivity index (χ3n) is 2.45. The van der Waals surface area contributed by atoms with Gasteiger partial charge in [-0.15, -0.1) is 0 Å². The molecule has 0 atom stereocenters. The molecule has 0 aliphatic rings. The number of anilines is 1. The van der Waals surface area contributed by atoms with Crippen molar-refractivity contribution >= 4 is 55.5 Å². The number of esters is 1. The van der Waals surface area contributed by atoms with E-state index in [1.165, 1.54) is 12.2 Å². The number of hydrogen-bond acceptors (Lipinski definition) is 4. The highest BCUT2D eigenvalue weighted by Gasteiger charge is 2.06. The van der Waals surface area contributed by atoms with Crippen molar-refractivity contribution in [2.24, 2.45) is 0 Å². The zero-order valence-electron chi connectivity index (χ0n) is 11.2. The quantitative estimate of drug-likeness (QED) is 0.577. The number of carbonyl (C=O) groups excluding carboxylic acids is 2. The van der Waals surface area contributed by atoms with Gasteiger partial charge in [0, 0.05) is 16.2 Å². The van der Waals surface area contributed by atoms with Crippen molar-refractivity contribution in [1.82, 2.24) is 0 Å². The summed E-state index contributed by atoms with van der Waals surface area (Å²) in [6.07, 6.45) is 2.65. The van der Waals surface area contributed by atoms with Gasteiger partial charge in [0.15, 0.2) is 11.3 Å². The summed E-state index contributed by atoms with van der Waals surface area (Å²) in [7, 11) is 0. The Morgan fingerprint density at radius 3 is 2.50 bits per heavy atom. The van der Waals surface area contributed by atoms with E-state index < -0.39 is 11.9 Å². The van der Waals surface area contributed by atoms with Gasteiger partial charge < -0.3 is 14.5 Å². The molecule has 2 rings (SSSR count). The molecular weight excluding hydrogens is 418 g/mol. The summed E-state index contributed by atoms with van der Waals surface area (Å²) in [4.78, 5) is 23.1. The summed E-state index contributed by atoms with van der Waals surface area (Å²) in [5.74, 6) is -0.536. The van der Waals surface area contributed by atoms with E-state index in [0.29, 0.717) is 16.1 Å². The second-order valence-corrected chi connectivity index (χ2v) is 5.84. The van der Waals surface area contributed by atoms with Gasteiger partial charge in [-0.2, -0.15) is 0 Å². The highest BCUT2D eigenvalue weighted by molar-refractivity contribution is 9.10. The van der Waals surface area contributed by atoms with Gasteiger partial charge in [0.05, 0.1) is 0 Å². The van der Waals surface area contributed by atoms with Gasteiger partial charge in [-0.25, -0.2) is 4.79 Å². The fourth-order valence-electron chi connectivity index (χ4n) is 1.48. The fraction of sp³-hybridized carbons (Fsp3) is 0.0667. The van der Waals surface area contributed by atoms with Crippen LogP contribution in [0.4, 0.5) is 5.69 Å². The zero-order valence-corrected chi connectivity index (χ0v) is 14.4. The molecule has 0 saturated carbocycles. The van der Waals surface area contributed by atoms with E-state index in [2.05, 4.69) is 37.2 Å². The number of furan rings is 1. The van der Waals surface area contributed by atoms with Crippen LogP contribution in [0.5, 0.6) is 0 Å². The highest BCUT2D eigenvalue weighted by atomic mass is 79.9. The van der Waals surface area contributed by atoms with Crippen LogP contribution in [-0.4, -0.2) is 18.5 Å².